The number of benzene rings is 1. The first-order valence-corrected chi connectivity index (χ1v) is 21.2. The summed E-state index contributed by atoms with van der Waals surface area (Å²) in [5, 5.41) is 32.5. The van der Waals surface area contributed by atoms with Crippen molar-refractivity contribution in [2.45, 2.75) is 195 Å². The van der Waals surface area contributed by atoms with E-state index in [1.807, 2.05) is 13.8 Å². The molecule has 0 fully saturated rings. The molecule has 0 aliphatic carbocycles. The standard InChI is InChI=1S/C18H38O.C14H21NO3.C11H18N2O3.Na/c1-2-3-4-5-6-7-8-9-10-11-12-13-14-15-16-17-18-19;1-2-3-4-5-6-9-12-18-14-11-8-7-10-13(14)15(16)17;1-4-6-7(3)11(5-2)8(14)12-10(16)13-9(11)15;/h19H,2-18H2,1H3;7-8,10-11H,2-6,9,12H2,1H3;7H,4-6H2,1-3H3,(H2,12,13,14,15,16);/q;;;+1/p-1. The van der Waals surface area contributed by atoms with Crippen molar-refractivity contribution in [3.05, 3.63) is 34.4 Å². The van der Waals surface area contributed by atoms with Gasteiger partial charge in [-0.2, -0.15) is 0 Å². The molecule has 0 radical (unpaired) electrons. The van der Waals surface area contributed by atoms with Crippen molar-refractivity contribution in [3.63, 3.8) is 0 Å². The van der Waals surface area contributed by atoms with Crippen LogP contribution >= 0.6 is 0 Å². The summed E-state index contributed by atoms with van der Waals surface area (Å²) in [6.45, 7) is 11.0. The van der Waals surface area contributed by atoms with Gasteiger partial charge in [0.1, 0.15) is 5.41 Å². The number of aliphatic imine (C=N–C) groups is 1. The van der Waals surface area contributed by atoms with Crippen LogP contribution in [0.5, 0.6) is 5.75 Å². The third-order valence-electron chi connectivity index (χ3n) is 10.2. The molecule has 1 aromatic rings. The molecule has 306 valence electrons. The maximum absolute atomic E-state index is 11.9. The van der Waals surface area contributed by atoms with E-state index in [0.29, 0.717) is 25.4 Å². The number of nitrogens with one attached hydrogen (secondary N) is 1. The summed E-state index contributed by atoms with van der Waals surface area (Å²) in [6.07, 6.45) is 31.3. The molecule has 2 unspecified atom stereocenters. The Morgan fingerprint density at radius 2 is 1.19 bits per heavy atom. The fourth-order valence-corrected chi connectivity index (χ4v) is 6.75. The first-order chi connectivity index (χ1) is 25.7. The molecule has 2 atom stereocenters. The smallest absolute Gasteiger partial charge is 0.846 e. The summed E-state index contributed by atoms with van der Waals surface area (Å²) in [6, 6.07) is 5.67. The number of unbranched alkanes of at least 4 members (excludes halogenated alkanes) is 20. The number of rotatable bonds is 29. The predicted octanol–water partition coefficient (Wildman–Crippen LogP) is 7.77. The van der Waals surface area contributed by atoms with E-state index in [0.717, 1.165) is 32.1 Å². The minimum atomic E-state index is -1.15. The molecule has 0 saturated carbocycles. The number of ether oxygens (including phenoxy) is 1. The van der Waals surface area contributed by atoms with Gasteiger partial charge in [-0.25, -0.2) is 4.99 Å². The van der Waals surface area contributed by atoms with Crippen LogP contribution in [0.15, 0.2) is 29.3 Å². The normalized spacial score (nSPS) is 15.4. The number of aliphatic hydroxyl groups excluding tert-OH is 1. The quantitative estimate of drug-likeness (QED) is 0.0278. The second-order valence-electron chi connectivity index (χ2n) is 14.6. The van der Waals surface area contributed by atoms with E-state index in [4.69, 9.17) is 9.84 Å². The van der Waals surface area contributed by atoms with Crippen LogP contribution < -0.4 is 44.7 Å². The number of nitro benzene ring substituents is 1. The van der Waals surface area contributed by atoms with Gasteiger partial charge in [-0.15, -0.1) is 0 Å². The maximum Gasteiger partial charge on any atom is 1.00 e. The molecule has 0 spiro atoms. The van der Waals surface area contributed by atoms with E-state index >= 15 is 0 Å². The van der Waals surface area contributed by atoms with E-state index in [9.17, 15) is 24.8 Å². The molecule has 2 amide bonds. The molecule has 0 bridgehead atoms. The molecule has 1 heterocycles. The van der Waals surface area contributed by atoms with Crippen molar-refractivity contribution in [2.75, 3.05) is 13.2 Å². The number of amidine groups is 1. The third kappa shape index (κ3) is 24.5. The van der Waals surface area contributed by atoms with Gasteiger partial charge in [0.2, 0.25) is 5.91 Å². The van der Waals surface area contributed by atoms with Crippen LogP contribution in [-0.2, 0) is 9.59 Å². The van der Waals surface area contributed by atoms with E-state index in [1.165, 1.54) is 128 Å². The molecule has 1 aliphatic heterocycles. The van der Waals surface area contributed by atoms with Crippen LogP contribution in [0.3, 0.4) is 0 Å². The van der Waals surface area contributed by atoms with Gasteiger partial charge in [0.05, 0.1) is 17.6 Å². The van der Waals surface area contributed by atoms with Gasteiger partial charge in [-0.3, -0.25) is 19.7 Å². The van der Waals surface area contributed by atoms with Gasteiger partial charge in [-0.05, 0) is 37.7 Å². The Hall–Kier alpha value is -2.01. The number of carbonyl (C=O) groups is 2. The summed E-state index contributed by atoms with van der Waals surface area (Å²) in [4.78, 5) is 37.4. The number of nitro groups is 1. The summed E-state index contributed by atoms with van der Waals surface area (Å²) in [5.74, 6) is -0.825. The number of aliphatic hydroxyl groups is 1. The minimum absolute atomic E-state index is 0. The first kappa shape index (κ1) is 54.1. The van der Waals surface area contributed by atoms with Crippen LogP contribution in [0.25, 0.3) is 0 Å². The van der Waals surface area contributed by atoms with E-state index in [2.05, 4.69) is 24.2 Å². The fourth-order valence-electron chi connectivity index (χ4n) is 6.75. The molecule has 54 heavy (non-hydrogen) atoms. The number of para-hydroxylation sites is 2. The van der Waals surface area contributed by atoms with Crippen LogP contribution in [0, 0.1) is 21.4 Å². The SMILES string of the molecule is CCCC(C)C1(CC)C(=O)N=C([O-])NC1=O.CCCCCCCCCCCCCCCCCCO.CCCCCCCCOc1ccccc1[N+](=O)[O-].[Na+]. The number of hydrogen-bond acceptors (Lipinski definition) is 7. The number of amides is 2. The summed E-state index contributed by atoms with van der Waals surface area (Å²) in [5.41, 5.74) is -1.10. The molecular formula is C43H76N3NaO7. The first-order valence-electron chi connectivity index (χ1n) is 21.2. The second-order valence-corrected chi connectivity index (χ2v) is 14.6. The van der Waals surface area contributed by atoms with E-state index in [1.54, 1.807) is 25.1 Å². The molecule has 2 N–H and O–H groups in total. The maximum atomic E-state index is 11.9. The van der Waals surface area contributed by atoms with Crippen LogP contribution in [0.4, 0.5) is 5.69 Å². The molecular weight excluding hydrogens is 693 g/mol. The van der Waals surface area contributed by atoms with Gasteiger partial charge < -0.3 is 20.3 Å². The monoisotopic (exact) mass is 770 g/mol. The Kier molecular flexibility index (Phi) is 36.7. The van der Waals surface area contributed by atoms with Crippen LogP contribution in [0.2, 0.25) is 0 Å². The van der Waals surface area contributed by atoms with Crippen LogP contribution in [0.1, 0.15) is 195 Å². The Morgan fingerprint density at radius 1 is 0.741 bits per heavy atom. The molecule has 2 rings (SSSR count). The van der Waals surface area contributed by atoms with E-state index < -0.39 is 28.2 Å². The van der Waals surface area contributed by atoms with Gasteiger partial charge in [0.15, 0.2) is 5.75 Å². The molecule has 0 saturated heterocycles. The topological polar surface area (TPSA) is 154 Å². The Balaban J connectivity index is 0. The van der Waals surface area contributed by atoms with Gasteiger partial charge >= 0.3 is 35.2 Å². The largest absolute Gasteiger partial charge is 1.00 e. The Morgan fingerprint density at radius 3 is 1.59 bits per heavy atom. The molecule has 0 aromatic heterocycles. The van der Waals surface area contributed by atoms with Gasteiger partial charge in [0, 0.05) is 12.7 Å². The second kappa shape index (κ2) is 36.6. The fraction of sp³-hybridized carbons (Fsp3) is 0.791. The molecule has 10 nitrogen and oxygen atoms in total. The number of hydrogen-bond donors (Lipinski definition) is 2. The van der Waals surface area contributed by atoms with Crippen molar-refractivity contribution in [2.24, 2.45) is 16.3 Å². The van der Waals surface area contributed by atoms with Gasteiger partial charge in [-0.1, -0.05) is 182 Å². The zero-order chi connectivity index (χ0) is 39.6. The van der Waals surface area contributed by atoms with Crippen molar-refractivity contribution < 1.29 is 59.0 Å². The average Bonchev–Trinajstić information content (AvgIpc) is 3.13. The zero-order valence-corrected chi connectivity index (χ0v) is 37.3. The van der Waals surface area contributed by atoms with Crippen molar-refractivity contribution in [1.29, 1.82) is 0 Å². The van der Waals surface area contributed by atoms with Crippen molar-refractivity contribution >= 4 is 23.5 Å². The third-order valence-corrected chi connectivity index (χ3v) is 10.2. The zero-order valence-electron chi connectivity index (χ0n) is 35.3. The minimum Gasteiger partial charge on any atom is -0.846 e. The molecule has 1 aromatic carbocycles. The van der Waals surface area contributed by atoms with E-state index in [-0.39, 0.29) is 41.2 Å². The summed E-state index contributed by atoms with van der Waals surface area (Å²) < 4.78 is 5.46. The summed E-state index contributed by atoms with van der Waals surface area (Å²) in [7, 11) is 0. The predicted molar refractivity (Wildman–Crippen MR) is 216 cm³/mol. The van der Waals surface area contributed by atoms with Crippen LogP contribution in [-0.4, -0.2) is 41.1 Å². The number of nitrogens with zero attached hydrogens (tertiary/aromatic N) is 2. The Bertz CT molecular complexity index is 1100. The van der Waals surface area contributed by atoms with Gasteiger partial charge in [0.25, 0.3) is 5.91 Å². The van der Waals surface area contributed by atoms with Crippen molar-refractivity contribution in [1.82, 2.24) is 5.32 Å². The molecule has 1 aliphatic rings. The summed E-state index contributed by atoms with van der Waals surface area (Å²) >= 11 is 0. The number of carbonyl (C=O) groups excluding carboxylic acids is 2. The Labute approximate surface area is 350 Å². The molecule has 11 heteroatoms. The van der Waals surface area contributed by atoms with Crippen molar-refractivity contribution in [3.8, 4) is 5.75 Å². The average molecular weight is 770 g/mol.